The first-order valence-corrected chi connectivity index (χ1v) is 10.3. The van der Waals surface area contributed by atoms with Gasteiger partial charge in [0.15, 0.2) is 6.17 Å². The largest absolute Gasteiger partial charge is 0.488 e. The van der Waals surface area contributed by atoms with Crippen molar-refractivity contribution in [2.24, 2.45) is 16.8 Å². The Hall–Kier alpha value is -1.85. The van der Waals surface area contributed by atoms with Gasteiger partial charge in [0, 0.05) is 43.7 Å². The molecule has 2 unspecified atom stereocenters. The SMILES string of the molecule is NC(N=O)C(C(=O)Nc1cnccc1O[C@H]1C[C@@]2(CCN2)C1)C1NCC(Cl)CN1. The zero-order valence-corrected chi connectivity index (χ0v) is 16.7. The molecule has 3 fully saturated rings. The number of hydrogen-bond donors (Lipinski definition) is 5. The molecule has 2 saturated heterocycles. The van der Waals surface area contributed by atoms with E-state index >= 15 is 0 Å². The van der Waals surface area contributed by atoms with Crippen LogP contribution in [0.3, 0.4) is 0 Å². The minimum absolute atomic E-state index is 0.0953. The van der Waals surface area contributed by atoms with Crippen molar-refractivity contribution in [3.8, 4) is 5.75 Å². The number of carbonyl (C=O) groups is 1. The lowest BCUT2D eigenvalue weighted by Crippen LogP contribution is -2.67. The molecule has 1 aliphatic carbocycles. The molecule has 6 N–H and O–H groups in total. The molecule has 4 rings (SSSR count). The number of ether oxygens (including phenoxy) is 1. The second kappa shape index (κ2) is 8.49. The molecule has 11 heteroatoms. The monoisotopic (exact) mass is 423 g/mol. The third-order valence-electron chi connectivity index (χ3n) is 5.94. The fourth-order valence-electron chi connectivity index (χ4n) is 4.17. The van der Waals surface area contributed by atoms with Crippen LogP contribution in [0, 0.1) is 10.8 Å². The van der Waals surface area contributed by atoms with Crippen LogP contribution in [0.2, 0.25) is 0 Å². The minimum Gasteiger partial charge on any atom is -0.488 e. The van der Waals surface area contributed by atoms with Gasteiger partial charge in [0.2, 0.25) is 5.91 Å². The van der Waals surface area contributed by atoms with Gasteiger partial charge >= 0.3 is 0 Å². The van der Waals surface area contributed by atoms with Gasteiger partial charge in [-0.2, -0.15) is 0 Å². The van der Waals surface area contributed by atoms with E-state index in [0.717, 1.165) is 19.4 Å². The van der Waals surface area contributed by atoms with Crippen molar-refractivity contribution in [3.05, 3.63) is 23.4 Å². The second-order valence-corrected chi connectivity index (χ2v) is 8.60. The van der Waals surface area contributed by atoms with Crippen molar-refractivity contribution in [1.29, 1.82) is 0 Å². The number of carbonyl (C=O) groups excluding carboxylic acids is 1. The molecule has 0 radical (unpaired) electrons. The average Bonchev–Trinajstić information content (AvgIpc) is 2.65. The summed E-state index contributed by atoms with van der Waals surface area (Å²) in [7, 11) is 0. The second-order valence-electron chi connectivity index (χ2n) is 7.98. The van der Waals surface area contributed by atoms with Crippen molar-refractivity contribution in [3.63, 3.8) is 0 Å². The molecular formula is C18H26ClN7O3. The summed E-state index contributed by atoms with van der Waals surface area (Å²) in [6.07, 6.45) is 4.56. The van der Waals surface area contributed by atoms with Crippen LogP contribution in [0.4, 0.5) is 5.69 Å². The third-order valence-corrected chi connectivity index (χ3v) is 6.25. The summed E-state index contributed by atoms with van der Waals surface area (Å²) in [6, 6.07) is 1.72. The smallest absolute Gasteiger partial charge is 0.234 e. The van der Waals surface area contributed by atoms with Crippen LogP contribution in [-0.2, 0) is 4.79 Å². The first-order chi connectivity index (χ1) is 14.0. The molecule has 10 nitrogen and oxygen atoms in total. The number of hydrogen-bond acceptors (Lipinski definition) is 9. The van der Waals surface area contributed by atoms with Crippen molar-refractivity contribution in [2.45, 2.75) is 48.6 Å². The molecule has 1 saturated carbocycles. The van der Waals surface area contributed by atoms with Gasteiger partial charge in [-0.1, -0.05) is 5.18 Å². The van der Waals surface area contributed by atoms with Crippen LogP contribution in [-0.4, -0.2) is 59.9 Å². The number of alkyl halides is 1. The van der Waals surface area contributed by atoms with Gasteiger partial charge in [-0.15, -0.1) is 16.5 Å². The predicted molar refractivity (Wildman–Crippen MR) is 109 cm³/mol. The molecule has 1 spiro atoms. The zero-order valence-electron chi connectivity index (χ0n) is 15.9. The van der Waals surface area contributed by atoms with E-state index in [-0.39, 0.29) is 17.0 Å². The van der Waals surface area contributed by atoms with Gasteiger partial charge in [0.05, 0.1) is 17.7 Å². The van der Waals surface area contributed by atoms with Crippen molar-refractivity contribution < 1.29 is 9.53 Å². The molecular weight excluding hydrogens is 398 g/mol. The Balaban J connectivity index is 1.42. The molecule has 158 valence electrons. The molecule has 1 aromatic rings. The number of aromatic nitrogens is 1. The summed E-state index contributed by atoms with van der Waals surface area (Å²) in [5.74, 6) is -0.820. The first kappa shape index (κ1) is 20.4. The van der Waals surface area contributed by atoms with E-state index < -0.39 is 24.2 Å². The number of pyridine rings is 1. The molecule has 2 atom stereocenters. The zero-order chi connectivity index (χ0) is 20.4. The van der Waals surface area contributed by atoms with Crippen molar-refractivity contribution in [1.82, 2.24) is 20.9 Å². The van der Waals surface area contributed by atoms with Crippen LogP contribution in [0.25, 0.3) is 0 Å². The Bertz CT molecular complexity index is 747. The van der Waals surface area contributed by atoms with E-state index in [0.29, 0.717) is 24.5 Å². The molecule has 3 aliphatic rings. The van der Waals surface area contributed by atoms with Gasteiger partial charge in [0.25, 0.3) is 0 Å². The van der Waals surface area contributed by atoms with E-state index in [2.05, 4.69) is 31.4 Å². The number of nitrogens with two attached hydrogens (primary N) is 1. The van der Waals surface area contributed by atoms with E-state index in [1.54, 1.807) is 12.3 Å². The number of anilines is 1. The Labute approximate surface area is 173 Å². The van der Waals surface area contributed by atoms with E-state index in [4.69, 9.17) is 22.1 Å². The van der Waals surface area contributed by atoms with E-state index in [9.17, 15) is 9.70 Å². The minimum atomic E-state index is -1.22. The molecule has 0 aromatic carbocycles. The quantitative estimate of drug-likeness (QED) is 0.306. The highest BCUT2D eigenvalue weighted by molar-refractivity contribution is 6.21. The maximum atomic E-state index is 13.0. The summed E-state index contributed by atoms with van der Waals surface area (Å²) in [5, 5.41) is 15.2. The van der Waals surface area contributed by atoms with Gasteiger partial charge < -0.3 is 21.1 Å². The van der Waals surface area contributed by atoms with Crippen molar-refractivity contribution >= 4 is 23.2 Å². The highest BCUT2D eigenvalue weighted by Gasteiger charge is 2.49. The molecule has 1 aromatic heterocycles. The normalized spacial score (nSPS) is 33.1. The summed E-state index contributed by atoms with van der Waals surface area (Å²) in [6.45, 7) is 2.05. The average molecular weight is 424 g/mol. The van der Waals surface area contributed by atoms with E-state index in [1.165, 1.54) is 12.6 Å². The Morgan fingerprint density at radius 2 is 2.14 bits per heavy atom. The number of amides is 1. The summed E-state index contributed by atoms with van der Waals surface area (Å²) < 4.78 is 6.08. The lowest BCUT2D eigenvalue weighted by atomic mass is 9.68. The van der Waals surface area contributed by atoms with Gasteiger partial charge in [-0.05, 0) is 13.0 Å². The van der Waals surface area contributed by atoms with Crippen LogP contribution in [0.1, 0.15) is 19.3 Å². The van der Waals surface area contributed by atoms with Gasteiger partial charge in [-0.25, -0.2) is 0 Å². The number of rotatable bonds is 7. The first-order valence-electron chi connectivity index (χ1n) is 9.85. The molecule has 29 heavy (non-hydrogen) atoms. The maximum absolute atomic E-state index is 13.0. The predicted octanol–water partition coefficient (Wildman–Crippen LogP) is 0.0871. The molecule has 1 amide bonds. The summed E-state index contributed by atoms with van der Waals surface area (Å²) in [4.78, 5) is 28.1. The fourth-order valence-corrected chi connectivity index (χ4v) is 4.35. The number of nitroso groups, excluding NO2 is 1. The third kappa shape index (κ3) is 4.36. The van der Waals surface area contributed by atoms with Crippen LogP contribution in [0.15, 0.2) is 23.6 Å². The topological polar surface area (TPSA) is 143 Å². The molecule has 2 aliphatic heterocycles. The summed E-state index contributed by atoms with van der Waals surface area (Å²) >= 11 is 6.06. The number of nitrogens with zero attached hydrogens (tertiary/aromatic N) is 2. The Morgan fingerprint density at radius 1 is 1.41 bits per heavy atom. The standard InChI is InChI=1S/C18H26ClN7O3/c19-10-7-22-16(23-8-10)14(15(20)26-28)17(27)25-12-9-21-3-1-13(12)29-11-5-18(6-11)2-4-24-18/h1,3,9-11,14-16,22-24H,2,4-8,20H2,(H,25,27)/t10?,11-,14?,15?,16?,18-. The number of nitrogens with one attached hydrogen (secondary N) is 4. The van der Waals surface area contributed by atoms with Crippen LogP contribution >= 0.6 is 11.6 Å². The van der Waals surface area contributed by atoms with Gasteiger partial charge in [-0.3, -0.25) is 20.4 Å². The molecule has 0 bridgehead atoms. The van der Waals surface area contributed by atoms with Crippen LogP contribution in [0.5, 0.6) is 5.75 Å². The Morgan fingerprint density at radius 3 is 2.76 bits per heavy atom. The lowest BCUT2D eigenvalue weighted by Gasteiger charge is -2.54. The fraction of sp³-hybridized carbons (Fsp3) is 0.667. The highest BCUT2D eigenvalue weighted by atomic mass is 35.5. The number of halogens is 1. The lowest BCUT2D eigenvalue weighted by molar-refractivity contribution is -0.121. The molecule has 3 heterocycles. The van der Waals surface area contributed by atoms with Gasteiger partial charge in [0.1, 0.15) is 23.5 Å². The maximum Gasteiger partial charge on any atom is 0.234 e. The summed E-state index contributed by atoms with van der Waals surface area (Å²) in [5.41, 5.74) is 6.51. The highest BCUT2D eigenvalue weighted by Crippen LogP contribution is 2.42. The Kier molecular flexibility index (Phi) is 5.98. The van der Waals surface area contributed by atoms with Crippen LogP contribution < -0.4 is 31.7 Å². The van der Waals surface area contributed by atoms with E-state index in [1.807, 2.05) is 0 Å². The van der Waals surface area contributed by atoms with Crippen molar-refractivity contribution in [2.75, 3.05) is 25.0 Å².